The number of rotatable bonds is 5. The molecule has 24 heavy (non-hydrogen) atoms. The van der Waals surface area contributed by atoms with Crippen LogP contribution in [0.4, 0.5) is 0 Å². The van der Waals surface area contributed by atoms with Crippen molar-refractivity contribution in [1.82, 2.24) is 14.5 Å². The van der Waals surface area contributed by atoms with Gasteiger partial charge in [-0.2, -0.15) is 5.10 Å². The van der Waals surface area contributed by atoms with Gasteiger partial charge in [-0.1, -0.05) is 24.3 Å². The molecule has 0 amide bonds. The smallest absolute Gasteiger partial charge is 0.236 e. The summed E-state index contributed by atoms with van der Waals surface area (Å²) in [5.74, 6) is 0. The molecule has 1 atom stereocenters. The fourth-order valence-electron chi connectivity index (χ4n) is 2.75. The Morgan fingerprint density at radius 2 is 2.08 bits per heavy atom. The Bertz CT molecular complexity index is 882. The van der Waals surface area contributed by atoms with Crippen LogP contribution in [-0.2, 0) is 29.1 Å². The van der Waals surface area contributed by atoms with Gasteiger partial charge in [0.2, 0.25) is 10.0 Å². The van der Waals surface area contributed by atoms with E-state index in [0.29, 0.717) is 23.3 Å². The van der Waals surface area contributed by atoms with E-state index in [1.54, 1.807) is 30.9 Å². The lowest BCUT2D eigenvalue weighted by Gasteiger charge is -2.23. The minimum Gasteiger partial charge on any atom is -0.384 e. The Kier molecular flexibility index (Phi) is 4.33. The van der Waals surface area contributed by atoms with E-state index < -0.39 is 15.6 Å². The first-order chi connectivity index (χ1) is 11.3. The number of allylic oxidation sites excluding steroid dienone is 1. The molecular weight excluding hydrogens is 326 g/mol. The number of hydrogen-bond acceptors (Lipinski definition) is 4. The van der Waals surface area contributed by atoms with E-state index in [-0.39, 0.29) is 6.54 Å². The lowest BCUT2D eigenvalue weighted by Crippen LogP contribution is -2.39. The number of hydrogen-bond donors (Lipinski definition) is 2. The molecule has 0 bridgehead atoms. The van der Waals surface area contributed by atoms with Crippen LogP contribution in [0.2, 0.25) is 0 Å². The number of nitrogens with one attached hydrogen (secondary N) is 1. The van der Waals surface area contributed by atoms with Gasteiger partial charge in [0.05, 0.1) is 11.1 Å². The van der Waals surface area contributed by atoms with Crippen LogP contribution in [0.15, 0.2) is 41.6 Å². The molecule has 0 fully saturated rings. The van der Waals surface area contributed by atoms with E-state index in [1.807, 2.05) is 24.3 Å². The van der Waals surface area contributed by atoms with Crippen molar-refractivity contribution < 1.29 is 13.5 Å². The van der Waals surface area contributed by atoms with Gasteiger partial charge in [0.1, 0.15) is 5.60 Å². The maximum atomic E-state index is 12.6. The highest BCUT2D eigenvalue weighted by atomic mass is 32.2. The molecule has 0 saturated carbocycles. The Labute approximate surface area is 141 Å². The normalized spacial score (nSPS) is 17.0. The van der Waals surface area contributed by atoms with Gasteiger partial charge in [-0.05, 0) is 37.0 Å². The topological polar surface area (TPSA) is 84.2 Å². The highest BCUT2D eigenvalue weighted by molar-refractivity contribution is 7.93. The number of sulfonamides is 1. The first-order valence-corrected chi connectivity index (χ1v) is 9.26. The van der Waals surface area contributed by atoms with Crippen molar-refractivity contribution in [3.05, 3.63) is 58.3 Å². The molecule has 0 spiro atoms. The van der Waals surface area contributed by atoms with Crippen molar-refractivity contribution >= 4 is 16.1 Å². The minimum atomic E-state index is -3.64. The average molecular weight is 347 g/mol. The molecule has 6 nitrogen and oxygen atoms in total. The SMILES string of the molecule is Cn1cc([C@](C)(O)CNS(=O)(=O)C2=Cc3ccccc3CC2)cn1. The van der Waals surface area contributed by atoms with E-state index in [4.69, 9.17) is 0 Å². The number of fused-ring (bicyclic) bond motifs is 1. The standard InChI is InChI=1S/C17H21N3O3S/c1-17(21,15-10-18-20(2)11-15)12-19-24(22,23)16-8-7-13-5-3-4-6-14(13)9-16/h3-6,9-11,19,21H,7-8,12H2,1-2H3/t17-/m1/s1. The number of aryl methyl sites for hydroxylation is 2. The number of nitrogens with zero attached hydrogens (tertiary/aromatic N) is 2. The maximum absolute atomic E-state index is 12.6. The van der Waals surface area contributed by atoms with Crippen LogP contribution in [-0.4, -0.2) is 29.8 Å². The molecule has 2 N–H and O–H groups in total. The second-order valence-electron chi connectivity index (χ2n) is 6.31. The molecule has 0 aliphatic heterocycles. The van der Waals surface area contributed by atoms with Crippen LogP contribution in [0.1, 0.15) is 30.0 Å². The molecule has 1 aliphatic rings. The summed E-state index contributed by atoms with van der Waals surface area (Å²) in [7, 11) is -1.89. The van der Waals surface area contributed by atoms with Crippen molar-refractivity contribution in [1.29, 1.82) is 0 Å². The second-order valence-corrected chi connectivity index (χ2v) is 8.13. The zero-order valence-electron chi connectivity index (χ0n) is 13.7. The monoisotopic (exact) mass is 347 g/mol. The summed E-state index contributed by atoms with van der Waals surface area (Å²) in [6, 6.07) is 7.77. The van der Waals surface area contributed by atoms with E-state index >= 15 is 0 Å². The highest BCUT2D eigenvalue weighted by Gasteiger charge is 2.29. The zero-order valence-corrected chi connectivity index (χ0v) is 14.5. The van der Waals surface area contributed by atoms with Crippen LogP contribution < -0.4 is 4.72 Å². The molecule has 0 radical (unpaired) electrons. The zero-order chi connectivity index (χ0) is 17.4. The van der Waals surface area contributed by atoms with E-state index in [0.717, 1.165) is 11.1 Å². The molecule has 1 heterocycles. The minimum absolute atomic E-state index is 0.111. The Hall–Kier alpha value is -1.96. The molecule has 2 aromatic rings. The molecule has 1 aliphatic carbocycles. The van der Waals surface area contributed by atoms with Gasteiger partial charge < -0.3 is 5.11 Å². The molecule has 0 saturated heterocycles. The molecule has 3 rings (SSSR count). The van der Waals surface area contributed by atoms with Gasteiger partial charge in [-0.3, -0.25) is 4.68 Å². The van der Waals surface area contributed by atoms with Crippen molar-refractivity contribution in [2.75, 3.05) is 6.54 Å². The average Bonchev–Trinajstić information content (AvgIpc) is 3.00. The third-order valence-electron chi connectivity index (χ3n) is 4.29. The van der Waals surface area contributed by atoms with Gasteiger partial charge >= 0.3 is 0 Å². The fraction of sp³-hybridized carbons (Fsp3) is 0.353. The largest absolute Gasteiger partial charge is 0.384 e. The van der Waals surface area contributed by atoms with Gasteiger partial charge in [-0.15, -0.1) is 0 Å². The van der Waals surface area contributed by atoms with Gasteiger partial charge in [0.15, 0.2) is 0 Å². The van der Waals surface area contributed by atoms with E-state index in [1.165, 1.54) is 6.20 Å². The predicted molar refractivity (Wildman–Crippen MR) is 92.4 cm³/mol. The van der Waals surface area contributed by atoms with Crippen LogP contribution in [0.3, 0.4) is 0 Å². The quantitative estimate of drug-likeness (QED) is 0.859. The van der Waals surface area contributed by atoms with Crippen LogP contribution in [0.5, 0.6) is 0 Å². The van der Waals surface area contributed by atoms with E-state index in [9.17, 15) is 13.5 Å². The maximum Gasteiger partial charge on any atom is 0.236 e. The molecule has 1 aromatic heterocycles. The molecule has 0 unspecified atom stereocenters. The summed E-state index contributed by atoms with van der Waals surface area (Å²) in [6.07, 6.45) is 6.07. The first kappa shape index (κ1) is 16.9. The van der Waals surface area contributed by atoms with Crippen molar-refractivity contribution in [3.63, 3.8) is 0 Å². The molecule has 7 heteroatoms. The van der Waals surface area contributed by atoms with Crippen molar-refractivity contribution in [2.45, 2.75) is 25.4 Å². The molecular formula is C17H21N3O3S. The number of aromatic nitrogens is 2. The van der Waals surface area contributed by atoms with Crippen molar-refractivity contribution in [3.8, 4) is 0 Å². The Morgan fingerprint density at radius 3 is 2.79 bits per heavy atom. The summed E-state index contributed by atoms with van der Waals surface area (Å²) in [5, 5.41) is 14.5. The number of benzene rings is 1. The summed E-state index contributed by atoms with van der Waals surface area (Å²) in [5.41, 5.74) is 1.33. The van der Waals surface area contributed by atoms with Crippen LogP contribution in [0, 0.1) is 0 Å². The van der Waals surface area contributed by atoms with Gasteiger partial charge in [0, 0.05) is 25.4 Å². The third kappa shape index (κ3) is 3.43. The fourth-order valence-corrected chi connectivity index (χ4v) is 4.06. The van der Waals surface area contributed by atoms with Crippen molar-refractivity contribution in [2.24, 2.45) is 7.05 Å². The van der Waals surface area contributed by atoms with Crippen LogP contribution >= 0.6 is 0 Å². The third-order valence-corrected chi connectivity index (χ3v) is 5.83. The van der Waals surface area contributed by atoms with E-state index in [2.05, 4.69) is 9.82 Å². The number of aliphatic hydroxyl groups is 1. The van der Waals surface area contributed by atoms with Crippen LogP contribution in [0.25, 0.3) is 6.08 Å². The predicted octanol–water partition coefficient (Wildman–Crippen LogP) is 1.53. The lowest BCUT2D eigenvalue weighted by atomic mass is 9.98. The second kappa shape index (κ2) is 6.16. The Balaban J connectivity index is 1.76. The summed E-state index contributed by atoms with van der Waals surface area (Å²) in [6.45, 7) is 1.46. The first-order valence-electron chi connectivity index (χ1n) is 7.78. The molecule has 128 valence electrons. The highest BCUT2D eigenvalue weighted by Crippen LogP contribution is 2.27. The lowest BCUT2D eigenvalue weighted by molar-refractivity contribution is 0.0627. The molecule has 1 aromatic carbocycles. The van der Waals surface area contributed by atoms with Gasteiger partial charge in [0.25, 0.3) is 0 Å². The Morgan fingerprint density at radius 1 is 1.33 bits per heavy atom. The van der Waals surface area contributed by atoms with Gasteiger partial charge in [-0.25, -0.2) is 13.1 Å². The summed E-state index contributed by atoms with van der Waals surface area (Å²) < 4.78 is 29.2. The summed E-state index contributed by atoms with van der Waals surface area (Å²) in [4.78, 5) is 0.350. The summed E-state index contributed by atoms with van der Waals surface area (Å²) >= 11 is 0.